The van der Waals surface area contributed by atoms with Crippen molar-refractivity contribution < 1.29 is 0 Å². The summed E-state index contributed by atoms with van der Waals surface area (Å²) in [6, 6.07) is 0. The lowest BCUT2D eigenvalue weighted by Gasteiger charge is -2.27. The smallest absolute Gasteiger partial charge is 0.0298 e. The molecule has 0 bridgehead atoms. The van der Waals surface area contributed by atoms with E-state index in [-0.39, 0.29) is 0 Å². The summed E-state index contributed by atoms with van der Waals surface area (Å²) in [5, 5.41) is 0. The van der Waals surface area contributed by atoms with Crippen molar-refractivity contribution >= 4 is 0 Å². The molecule has 11 heavy (non-hydrogen) atoms. The summed E-state index contributed by atoms with van der Waals surface area (Å²) >= 11 is 0. The van der Waals surface area contributed by atoms with Crippen molar-refractivity contribution in [2.75, 3.05) is 0 Å². The molecular weight excluding hydrogens is 132 g/mol. The fraction of sp³-hybridized carbons (Fsp3) is 1.00. The molecule has 0 heteroatoms. The zero-order valence-electron chi connectivity index (χ0n) is 8.16. The van der Waals surface area contributed by atoms with Gasteiger partial charge in [0.1, 0.15) is 0 Å². The highest BCUT2D eigenvalue weighted by molar-refractivity contribution is 4.83. The van der Waals surface area contributed by atoms with Crippen molar-refractivity contribution in [3.8, 4) is 0 Å². The quantitative estimate of drug-likeness (QED) is 0.570. The lowest BCUT2D eigenvalue weighted by Crippen LogP contribution is -2.15. The van der Waals surface area contributed by atoms with E-state index >= 15 is 0 Å². The van der Waals surface area contributed by atoms with Crippen LogP contribution in [0.15, 0.2) is 0 Å². The van der Waals surface area contributed by atoms with Crippen LogP contribution in [0.5, 0.6) is 0 Å². The van der Waals surface area contributed by atoms with E-state index in [0.717, 1.165) is 5.41 Å². The van der Waals surface area contributed by atoms with Crippen LogP contribution in [-0.4, -0.2) is 0 Å². The van der Waals surface area contributed by atoms with E-state index in [1.165, 1.54) is 51.4 Å². The van der Waals surface area contributed by atoms with Crippen LogP contribution in [0.25, 0.3) is 0 Å². The van der Waals surface area contributed by atoms with Gasteiger partial charge in [-0.2, -0.15) is 0 Å². The second-order valence-corrected chi connectivity index (χ2v) is 4.21. The van der Waals surface area contributed by atoms with Gasteiger partial charge in [0.15, 0.2) is 0 Å². The molecule has 0 spiro atoms. The Morgan fingerprint density at radius 2 is 1.36 bits per heavy atom. The van der Waals surface area contributed by atoms with Gasteiger partial charge >= 0.3 is 0 Å². The van der Waals surface area contributed by atoms with Gasteiger partial charge in [0.2, 0.25) is 0 Å². The molecule has 0 aromatic heterocycles. The first-order chi connectivity index (χ1) is 5.33. The monoisotopic (exact) mass is 154 g/mol. The Labute approximate surface area is 71.4 Å². The van der Waals surface area contributed by atoms with Gasteiger partial charge in [-0.15, -0.1) is 0 Å². The number of hydrogen-bond donors (Lipinski definition) is 0. The summed E-state index contributed by atoms with van der Waals surface area (Å²) in [7, 11) is 0. The summed E-state index contributed by atoms with van der Waals surface area (Å²) < 4.78 is 0. The van der Waals surface area contributed by atoms with Gasteiger partial charge in [-0.1, -0.05) is 39.5 Å². The first-order valence-corrected chi connectivity index (χ1v) is 5.33. The molecule has 0 aromatic rings. The largest absolute Gasteiger partial charge is 0.0654 e. The molecule has 0 amide bonds. The molecule has 1 fully saturated rings. The van der Waals surface area contributed by atoms with Crippen molar-refractivity contribution in [3.63, 3.8) is 0 Å². The maximum atomic E-state index is 2.33. The van der Waals surface area contributed by atoms with Gasteiger partial charge in [0.25, 0.3) is 0 Å². The second kappa shape index (κ2) is 4.13. The Hall–Kier alpha value is 0. The molecule has 0 N–H and O–H groups in total. The van der Waals surface area contributed by atoms with E-state index < -0.39 is 0 Å². The average Bonchev–Trinajstić information content (AvgIpc) is 2.39. The molecule has 0 aromatic carbocycles. The Bertz CT molecular complexity index is 90.6. The van der Waals surface area contributed by atoms with E-state index in [4.69, 9.17) is 0 Å². The molecule has 0 atom stereocenters. The van der Waals surface area contributed by atoms with Gasteiger partial charge in [-0.3, -0.25) is 0 Å². The summed E-state index contributed by atoms with van der Waals surface area (Å²) in [5.41, 5.74) is 0.795. The molecule has 0 nitrogen and oxygen atoms in total. The normalized spacial score (nSPS) is 22.4. The van der Waals surface area contributed by atoms with Crippen LogP contribution in [0.4, 0.5) is 0 Å². The fourth-order valence-electron chi connectivity index (χ4n) is 2.81. The van der Waals surface area contributed by atoms with Crippen molar-refractivity contribution in [1.29, 1.82) is 0 Å². The molecule has 1 aliphatic rings. The predicted molar refractivity (Wildman–Crippen MR) is 50.7 cm³/mol. The van der Waals surface area contributed by atoms with E-state index in [1.807, 2.05) is 0 Å². The predicted octanol–water partition coefficient (Wildman–Crippen LogP) is 4.15. The van der Waals surface area contributed by atoms with Crippen LogP contribution >= 0.6 is 0 Å². The molecule has 1 saturated carbocycles. The Balaban J connectivity index is 2.40. The average molecular weight is 154 g/mol. The second-order valence-electron chi connectivity index (χ2n) is 4.21. The van der Waals surface area contributed by atoms with Crippen LogP contribution in [0.2, 0.25) is 0 Å². The summed E-state index contributed by atoms with van der Waals surface area (Å²) in [6.07, 6.45) is 11.8. The van der Waals surface area contributed by atoms with E-state index in [0.29, 0.717) is 0 Å². The molecular formula is C11H22. The maximum absolute atomic E-state index is 2.33. The Morgan fingerprint density at radius 1 is 0.909 bits per heavy atom. The fourth-order valence-corrected chi connectivity index (χ4v) is 2.81. The van der Waals surface area contributed by atoms with Gasteiger partial charge in [-0.05, 0) is 31.1 Å². The van der Waals surface area contributed by atoms with Crippen LogP contribution in [0.3, 0.4) is 0 Å². The molecule has 0 unspecified atom stereocenters. The van der Waals surface area contributed by atoms with Crippen molar-refractivity contribution in [1.82, 2.24) is 0 Å². The molecule has 0 heterocycles. The Morgan fingerprint density at radius 3 is 1.73 bits per heavy atom. The standard InChI is InChI=1S/C11H22/c1-3-7-11(8-4-2)9-5-6-10-11/h3-10H2,1-2H3. The summed E-state index contributed by atoms with van der Waals surface area (Å²) in [5.74, 6) is 0. The maximum Gasteiger partial charge on any atom is -0.0298 e. The minimum atomic E-state index is 0.795. The molecule has 1 aliphatic carbocycles. The molecule has 66 valence electrons. The van der Waals surface area contributed by atoms with Crippen LogP contribution in [0.1, 0.15) is 65.2 Å². The highest BCUT2D eigenvalue weighted by atomic mass is 14.4. The van der Waals surface area contributed by atoms with E-state index in [1.54, 1.807) is 0 Å². The molecule has 0 saturated heterocycles. The Kier molecular flexibility index (Phi) is 3.42. The molecule has 0 aliphatic heterocycles. The third kappa shape index (κ3) is 2.21. The minimum absolute atomic E-state index is 0.795. The lowest BCUT2D eigenvalue weighted by atomic mass is 9.78. The summed E-state index contributed by atoms with van der Waals surface area (Å²) in [4.78, 5) is 0. The van der Waals surface area contributed by atoms with Crippen LogP contribution in [0, 0.1) is 5.41 Å². The van der Waals surface area contributed by atoms with Crippen molar-refractivity contribution in [3.05, 3.63) is 0 Å². The summed E-state index contributed by atoms with van der Waals surface area (Å²) in [6.45, 7) is 4.66. The van der Waals surface area contributed by atoms with Gasteiger partial charge in [-0.25, -0.2) is 0 Å². The highest BCUT2D eigenvalue weighted by Gasteiger charge is 2.31. The van der Waals surface area contributed by atoms with Crippen molar-refractivity contribution in [2.24, 2.45) is 5.41 Å². The number of rotatable bonds is 4. The topological polar surface area (TPSA) is 0 Å². The third-order valence-electron chi connectivity index (χ3n) is 3.22. The van der Waals surface area contributed by atoms with Gasteiger partial charge < -0.3 is 0 Å². The zero-order chi connectivity index (χ0) is 8.16. The van der Waals surface area contributed by atoms with Gasteiger partial charge in [0.05, 0.1) is 0 Å². The first-order valence-electron chi connectivity index (χ1n) is 5.33. The minimum Gasteiger partial charge on any atom is -0.0654 e. The molecule has 0 radical (unpaired) electrons. The number of hydrogen-bond acceptors (Lipinski definition) is 0. The molecule has 1 rings (SSSR count). The highest BCUT2D eigenvalue weighted by Crippen LogP contribution is 2.45. The lowest BCUT2D eigenvalue weighted by molar-refractivity contribution is 0.243. The first kappa shape index (κ1) is 9.09. The van der Waals surface area contributed by atoms with Crippen LogP contribution < -0.4 is 0 Å². The third-order valence-corrected chi connectivity index (χ3v) is 3.22. The van der Waals surface area contributed by atoms with E-state index in [2.05, 4.69) is 13.8 Å². The van der Waals surface area contributed by atoms with Gasteiger partial charge in [0, 0.05) is 0 Å². The SMILES string of the molecule is CCCC1(CCC)CCCC1. The van der Waals surface area contributed by atoms with Crippen LogP contribution in [-0.2, 0) is 0 Å². The van der Waals surface area contributed by atoms with E-state index in [9.17, 15) is 0 Å². The van der Waals surface area contributed by atoms with Crippen molar-refractivity contribution in [2.45, 2.75) is 65.2 Å². The zero-order valence-corrected chi connectivity index (χ0v) is 8.16.